The molecular formula is C12H18N2OS. The van der Waals surface area contributed by atoms with Gasteiger partial charge in [0.25, 0.3) is 5.91 Å². The van der Waals surface area contributed by atoms with Crippen molar-refractivity contribution >= 4 is 17.7 Å². The summed E-state index contributed by atoms with van der Waals surface area (Å²) in [6, 6.07) is 7.72. The van der Waals surface area contributed by atoms with E-state index >= 15 is 0 Å². The third-order valence-electron chi connectivity index (χ3n) is 2.24. The van der Waals surface area contributed by atoms with Gasteiger partial charge in [0, 0.05) is 17.5 Å². The number of nitrogens with two attached hydrogens (primary N) is 1. The van der Waals surface area contributed by atoms with Crippen molar-refractivity contribution in [2.75, 3.05) is 12.8 Å². The van der Waals surface area contributed by atoms with Crippen LogP contribution in [0.1, 0.15) is 23.7 Å². The number of carbonyl (C=O) groups is 1. The molecule has 1 rings (SSSR count). The Morgan fingerprint density at radius 1 is 1.50 bits per heavy atom. The van der Waals surface area contributed by atoms with Crippen molar-refractivity contribution in [3.05, 3.63) is 29.8 Å². The number of rotatable bonds is 5. The standard InChI is InChI=1S/C12H18N2OS/c1-9(13)7-8-14-12(15)10-5-3-4-6-11(10)16-2/h3-6,9H,7-8,13H2,1-2H3,(H,14,15). The van der Waals surface area contributed by atoms with Gasteiger partial charge in [-0.3, -0.25) is 4.79 Å². The Bertz CT molecular complexity index is 353. The average molecular weight is 238 g/mol. The minimum absolute atomic E-state index is 0.0226. The fraction of sp³-hybridized carbons (Fsp3) is 0.417. The minimum atomic E-state index is -0.0226. The molecular weight excluding hydrogens is 220 g/mol. The quantitative estimate of drug-likeness (QED) is 0.770. The van der Waals surface area contributed by atoms with Crippen LogP contribution in [0.4, 0.5) is 0 Å². The molecule has 0 aliphatic rings. The van der Waals surface area contributed by atoms with Crippen molar-refractivity contribution in [3.8, 4) is 0 Å². The van der Waals surface area contributed by atoms with Gasteiger partial charge in [-0.25, -0.2) is 0 Å². The molecule has 3 N–H and O–H groups in total. The van der Waals surface area contributed by atoms with Crippen LogP contribution in [0.25, 0.3) is 0 Å². The number of nitrogens with one attached hydrogen (secondary N) is 1. The lowest BCUT2D eigenvalue weighted by Crippen LogP contribution is -2.29. The lowest BCUT2D eigenvalue weighted by molar-refractivity contribution is 0.0950. The molecule has 0 spiro atoms. The van der Waals surface area contributed by atoms with Crippen molar-refractivity contribution in [1.29, 1.82) is 0 Å². The molecule has 3 nitrogen and oxygen atoms in total. The topological polar surface area (TPSA) is 55.1 Å². The molecule has 0 saturated carbocycles. The average Bonchev–Trinajstić information content (AvgIpc) is 2.28. The van der Waals surface area contributed by atoms with Crippen LogP contribution >= 0.6 is 11.8 Å². The summed E-state index contributed by atoms with van der Waals surface area (Å²) in [5.74, 6) is -0.0226. The van der Waals surface area contributed by atoms with Gasteiger partial charge in [-0.2, -0.15) is 0 Å². The summed E-state index contributed by atoms with van der Waals surface area (Å²) in [6.45, 7) is 2.56. The molecule has 0 bridgehead atoms. The zero-order chi connectivity index (χ0) is 12.0. The fourth-order valence-electron chi connectivity index (χ4n) is 1.34. The van der Waals surface area contributed by atoms with E-state index in [9.17, 15) is 4.79 Å². The van der Waals surface area contributed by atoms with Crippen molar-refractivity contribution in [1.82, 2.24) is 5.32 Å². The van der Waals surface area contributed by atoms with Gasteiger partial charge in [-0.15, -0.1) is 11.8 Å². The molecule has 1 amide bonds. The highest BCUT2D eigenvalue weighted by Crippen LogP contribution is 2.19. The molecule has 0 aliphatic heterocycles. The number of hydrogen-bond acceptors (Lipinski definition) is 3. The molecule has 1 unspecified atom stereocenters. The molecule has 16 heavy (non-hydrogen) atoms. The largest absolute Gasteiger partial charge is 0.352 e. The highest BCUT2D eigenvalue weighted by atomic mass is 32.2. The van der Waals surface area contributed by atoms with Gasteiger partial charge in [0.1, 0.15) is 0 Å². The van der Waals surface area contributed by atoms with Gasteiger partial charge < -0.3 is 11.1 Å². The van der Waals surface area contributed by atoms with Crippen LogP contribution in [-0.2, 0) is 0 Å². The van der Waals surface area contributed by atoms with Crippen molar-refractivity contribution in [2.45, 2.75) is 24.3 Å². The van der Waals surface area contributed by atoms with Crippen LogP contribution in [0.5, 0.6) is 0 Å². The molecule has 0 fully saturated rings. The predicted molar refractivity (Wildman–Crippen MR) is 68.8 cm³/mol. The minimum Gasteiger partial charge on any atom is -0.352 e. The van der Waals surface area contributed by atoms with Crippen molar-refractivity contribution in [3.63, 3.8) is 0 Å². The Morgan fingerprint density at radius 3 is 2.81 bits per heavy atom. The molecule has 1 aromatic carbocycles. The third kappa shape index (κ3) is 3.87. The van der Waals surface area contributed by atoms with E-state index in [-0.39, 0.29) is 11.9 Å². The third-order valence-corrected chi connectivity index (χ3v) is 3.03. The van der Waals surface area contributed by atoms with E-state index in [0.717, 1.165) is 16.9 Å². The molecule has 1 aromatic rings. The fourth-order valence-corrected chi connectivity index (χ4v) is 1.94. The zero-order valence-electron chi connectivity index (χ0n) is 9.69. The summed E-state index contributed by atoms with van der Waals surface area (Å²) >= 11 is 1.58. The van der Waals surface area contributed by atoms with E-state index in [1.165, 1.54) is 0 Å². The molecule has 0 heterocycles. The van der Waals surface area contributed by atoms with Gasteiger partial charge in [0.15, 0.2) is 0 Å². The van der Waals surface area contributed by atoms with Gasteiger partial charge >= 0.3 is 0 Å². The van der Waals surface area contributed by atoms with Crippen LogP contribution < -0.4 is 11.1 Å². The highest BCUT2D eigenvalue weighted by Gasteiger charge is 2.09. The molecule has 0 aliphatic carbocycles. The van der Waals surface area contributed by atoms with Crippen molar-refractivity contribution < 1.29 is 4.79 Å². The lowest BCUT2D eigenvalue weighted by atomic mass is 10.2. The number of thioether (sulfide) groups is 1. The smallest absolute Gasteiger partial charge is 0.252 e. The maximum Gasteiger partial charge on any atom is 0.252 e. The predicted octanol–water partition coefficient (Wildman–Crippen LogP) is 1.88. The van der Waals surface area contributed by atoms with E-state index in [1.807, 2.05) is 37.4 Å². The van der Waals surface area contributed by atoms with Gasteiger partial charge in [-0.1, -0.05) is 12.1 Å². The summed E-state index contributed by atoms with van der Waals surface area (Å²) in [7, 11) is 0. The second-order valence-electron chi connectivity index (χ2n) is 3.72. The first-order valence-electron chi connectivity index (χ1n) is 5.32. The maximum atomic E-state index is 11.8. The summed E-state index contributed by atoms with van der Waals surface area (Å²) in [5.41, 5.74) is 6.35. The first-order chi connectivity index (χ1) is 7.65. The summed E-state index contributed by atoms with van der Waals surface area (Å²) in [5, 5.41) is 2.87. The molecule has 1 atom stereocenters. The second kappa shape index (κ2) is 6.55. The number of amides is 1. The first-order valence-corrected chi connectivity index (χ1v) is 6.54. The maximum absolute atomic E-state index is 11.8. The van der Waals surface area contributed by atoms with Crippen LogP contribution in [0, 0.1) is 0 Å². The second-order valence-corrected chi connectivity index (χ2v) is 4.57. The zero-order valence-corrected chi connectivity index (χ0v) is 10.5. The summed E-state index contributed by atoms with van der Waals surface area (Å²) in [6.07, 6.45) is 2.77. The summed E-state index contributed by atoms with van der Waals surface area (Å²) in [4.78, 5) is 12.8. The van der Waals surface area contributed by atoms with E-state index in [1.54, 1.807) is 11.8 Å². The number of carbonyl (C=O) groups excluding carboxylic acids is 1. The summed E-state index contributed by atoms with van der Waals surface area (Å²) < 4.78 is 0. The molecule has 0 saturated heterocycles. The van der Waals surface area contributed by atoms with E-state index in [4.69, 9.17) is 5.73 Å². The van der Waals surface area contributed by atoms with Crippen molar-refractivity contribution in [2.24, 2.45) is 5.73 Å². The molecule has 88 valence electrons. The normalized spacial score (nSPS) is 12.2. The van der Waals surface area contributed by atoms with Crippen LogP contribution in [-0.4, -0.2) is 24.7 Å². The van der Waals surface area contributed by atoms with Gasteiger partial charge in [0.05, 0.1) is 5.56 Å². The number of benzene rings is 1. The lowest BCUT2D eigenvalue weighted by Gasteiger charge is -2.09. The van der Waals surface area contributed by atoms with Crippen LogP contribution in [0.2, 0.25) is 0 Å². The Morgan fingerprint density at radius 2 is 2.19 bits per heavy atom. The number of hydrogen-bond donors (Lipinski definition) is 2. The highest BCUT2D eigenvalue weighted by molar-refractivity contribution is 7.98. The van der Waals surface area contributed by atoms with Crippen LogP contribution in [0.3, 0.4) is 0 Å². The van der Waals surface area contributed by atoms with E-state index in [0.29, 0.717) is 6.54 Å². The van der Waals surface area contributed by atoms with Gasteiger partial charge in [0.2, 0.25) is 0 Å². The Kier molecular flexibility index (Phi) is 5.35. The molecule has 0 aromatic heterocycles. The van der Waals surface area contributed by atoms with Gasteiger partial charge in [-0.05, 0) is 31.7 Å². The Balaban J connectivity index is 2.59. The molecule has 0 radical (unpaired) electrons. The Hall–Kier alpha value is -1.00. The first kappa shape index (κ1) is 13.1. The Labute approximate surface area is 101 Å². The van der Waals surface area contributed by atoms with Crippen LogP contribution in [0.15, 0.2) is 29.2 Å². The van der Waals surface area contributed by atoms with E-state index in [2.05, 4.69) is 5.32 Å². The SMILES string of the molecule is CSc1ccccc1C(=O)NCCC(C)N. The molecule has 4 heteroatoms. The monoisotopic (exact) mass is 238 g/mol. The van der Waals surface area contributed by atoms with E-state index < -0.39 is 0 Å².